The molecule has 1 aromatic rings. The molecular formula is C11H10BrF3N2O3. The van der Waals surface area contributed by atoms with Crippen LogP contribution in [0.25, 0.3) is 0 Å². The van der Waals surface area contributed by atoms with Crippen LogP contribution in [0.3, 0.4) is 0 Å². The first-order valence-corrected chi connectivity index (χ1v) is 6.01. The number of amides is 2. The minimum absolute atomic E-state index is 0.0836. The Morgan fingerprint density at radius 1 is 1.40 bits per heavy atom. The lowest BCUT2D eigenvalue weighted by molar-refractivity contribution is -0.137. The number of nitrogens with one attached hydrogen (secondary N) is 1. The van der Waals surface area contributed by atoms with Gasteiger partial charge in [0.25, 0.3) is 0 Å². The number of hydrogen-bond donors (Lipinski definition) is 2. The number of carbonyl (C=O) groups is 2. The van der Waals surface area contributed by atoms with Gasteiger partial charge in [-0.25, -0.2) is 9.59 Å². The molecular weight excluding hydrogens is 345 g/mol. The van der Waals surface area contributed by atoms with Gasteiger partial charge in [0.15, 0.2) is 0 Å². The van der Waals surface area contributed by atoms with Crippen molar-refractivity contribution >= 4 is 33.6 Å². The smallest absolute Gasteiger partial charge is 0.406 e. The summed E-state index contributed by atoms with van der Waals surface area (Å²) < 4.78 is 36.9. The van der Waals surface area contributed by atoms with Crippen LogP contribution in [-0.2, 0) is 0 Å². The number of hydrogen-bond acceptors (Lipinski definition) is 2. The second-order valence-electron chi connectivity index (χ2n) is 3.90. The lowest BCUT2D eigenvalue weighted by Gasteiger charge is -2.20. The van der Waals surface area contributed by atoms with Crippen molar-refractivity contribution in [3.8, 4) is 0 Å². The number of carbonyl (C=O) groups excluding carboxylic acids is 1. The molecule has 0 saturated heterocycles. The van der Waals surface area contributed by atoms with Gasteiger partial charge >= 0.3 is 18.2 Å². The summed E-state index contributed by atoms with van der Waals surface area (Å²) in [6.07, 6.45) is -4.53. The van der Waals surface area contributed by atoms with E-state index in [4.69, 9.17) is 5.11 Å². The molecule has 0 bridgehead atoms. The molecule has 0 unspecified atom stereocenters. The fourth-order valence-corrected chi connectivity index (χ4v) is 1.71. The molecule has 0 atom stereocenters. The molecule has 0 aliphatic rings. The van der Waals surface area contributed by atoms with Crippen molar-refractivity contribution in [3.05, 3.63) is 28.2 Å². The number of benzene rings is 1. The zero-order valence-electron chi connectivity index (χ0n) is 10.2. The van der Waals surface area contributed by atoms with Crippen LogP contribution in [0.15, 0.2) is 22.7 Å². The molecule has 20 heavy (non-hydrogen) atoms. The maximum absolute atomic E-state index is 12.1. The van der Waals surface area contributed by atoms with E-state index < -0.39 is 24.7 Å². The highest BCUT2D eigenvalue weighted by molar-refractivity contribution is 9.10. The fraction of sp³-hybridized carbons (Fsp3) is 0.273. The molecule has 2 amide bonds. The summed E-state index contributed by atoms with van der Waals surface area (Å²) in [5.41, 5.74) is -0.312. The molecule has 0 fully saturated rings. The molecule has 5 nitrogen and oxygen atoms in total. The van der Waals surface area contributed by atoms with E-state index >= 15 is 0 Å². The molecule has 0 heterocycles. The van der Waals surface area contributed by atoms with Gasteiger partial charge in [-0.2, -0.15) is 13.2 Å². The molecule has 0 spiro atoms. The predicted molar refractivity (Wildman–Crippen MR) is 68.8 cm³/mol. The summed E-state index contributed by atoms with van der Waals surface area (Å²) in [4.78, 5) is 23.0. The Balaban J connectivity index is 2.88. The Hall–Kier alpha value is -1.77. The molecule has 0 aliphatic heterocycles. The van der Waals surface area contributed by atoms with Gasteiger partial charge in [0.05, 0.1) is 11.3 Å². The number of carboxylic acids is 1. The van der Waals surface area contributed by atoms with Gasteiger partial charge < -0.3 is 15.3 Å². The maximum Gasteiger partial charge on any atom is 0.406 e. The van der Waals surface area contributed by atoms with Crippen LogP contribution in [0.5, 0.6) is 0 Å². The van der Waals surface area contributed by atoms with Gasteiger partial charge in [0.1, 0.15) is 6.54 Å². The number of carboxylic acid groups (broad SMARTS) is 1. The topological polar surface area (TPSA) is 69.6 Å². The Bertz CT molecular complexity index is 534. The summed E-state index contributed by atoms with van der Waals surface area (Å²) >= 11 is 3.06. The Labute approximate surface area is 120 Å². The lowest BCUT2D eigenvalue weighted by Crippen LogP contribution is -2.38. The summed E-state index contributed by atoms with van der Waals surface area (Å²) in [7, 11) is 0.960. The zero-order chi connectivity index (χ0) is 15.5. The third-order valence-electron chi connectivity index (χ3n) is 2.22. The number of urea groups is 1. The maximum atomic E-state index is 12.1. The van der Waals surface area contributed by atoms with Crippen molar-refractivity contribution in [3.63, 3.8) is 0 Å². The predicted octanol–water partition coefficient (Wildman–Crippen LogP) is 3.17. The average Bonchev–Trinajstić information content (AvgIpc) is 2.28. The molecule has 0 radical (unpaired) electrons. The molecule has 2 N–H and O–H groups in total. The SMILES string of the molecule is CN(CC(F)(F)F)C(=O)Nc1ccc(Br)cc1C(=O)O. The second-order valence-corrected chi connectivity index (χ2v) is 4.81. The van der Waals surface area contributed by atoms with Crippen molar-refractivity contribution in [1.29, 1.82) is 0 Å². The van der Waals surface area contributed by atoms with E-state index in [9.17, 15) is 22.8 Å². The highest BCUT2D eigenvalue weighted by Crippen LogP contribution is 2.22. The normalized spacial score (nSPS) is 11.1. The Kier molecular flexibility index (Phi) is 4.98. The Morgan fingerprint density at radius 3 is 2.50 bits per heavy atom. The standard InChI is InChI=1S/C11H10BrF3N2O3/c1-17(5-11(13,14)15)10(20)16-8-3-2-6(12)4-7(8)9(18)19/h2-4H,5H2,1H3,(H,16,20)(H,18,19). The van der Waals surface area contributed by atoms with Crippen molar-refractivity contribution in [1.82, 2.24) is 4.90 Å². The van der Waals surface area contributed by atoms with E-state index in [-0.39, 0.29) is 11.3 Å². The molecule has 0 aromatic heterocycles. The van der Waals surface area contributed by atoms with Crippen molar-refractivity contribution < 1.29 is 27.9 Å². The van der Waals surface area contributed by atoms with E-state index in [1.165, 1.54) is 18.2 Å². The van der Waals surface area contributed by atoms with Crippen LogP contribution in [0.4, 0.5) is 23.7 Å². The van der Waals surface area contributed by atoms with E-state index in [0.29, 0.717) is 9.37 Å². The van der Waals surface area contributed by atoms with Crippen LogP contribution in [-0.4, -0.2) is 41.8 Å². The van der Waals surface area contributed by atoms with Crippen LogP contribution in [0.1, 0.15) is 10.4 Å². The quantitative estimate of drug-likeness (QED) is 0.875. The first kappa shape index (κ1) is 16.3. The lowest BCUT2D eigenvalue weighted by atomic mass is 10.2. The molecule has 1 rings (SSSR count). The molecule has 110 valence electrons. The van der Waals surface area contributed by atoms with E-state index in [0.717, 1.165) is 7.05 Å². The van der Waals surface area contributed by atoms with Crippen molar-refractivity contribution in [2.75, 3.05) is 18.9 Å². The largest absolute Gasteiger partial charge is 0.478 e. The first-order valence-electron chi connectivity index (χ1n) is 5.22. The number of halogens is 4. The van der Waals surface area contributed by atoms with E-state index in [1.807, 2.05) is 0 Å². The van der Waals surface area contributed by atoms with Gasteiger partial charge in [0.2, 0.25) is 0 Å². The summed E-state index contributed by atoms with van der Waals surface area (Å²) in [5, 5.41) is 11.1. The first-order chi connectivity index (χ1) is 9.10. The number of aromatic carboxylic acids is 1. The van der Waals surface area contributed by atoms with Gasteiger partial charge in [0, 0.05) is 11.5 Å². The van der Waals surface area contributed by atoms with Crippen LogP contribution >= 0.6 is 15.9 Å². The summed E-state index contributed by atoms with van der Waals surface area (Å²) in [6.45, 7) is -1.43. The van der Waals surface area contributed by atoms with Crippen molar-refractivity contribution in [2.45, 2.75) is 6.18 Å². The molecule has 0 aliphatic carbocycles. The van der Waals surface area contributed by atoms with E-state index in [2.05, 4.69) is 21.2 Å². The second kappa shape index (κ2) is 6.12. The minimum Gasteiger partial charge on any atom is -0.478 e. The molecule has 1 aromatic carbocycles. The van der Waals surface area contributed by atoms with Crippen LogP contribution in [0, 0.1) is 0 Å². The average molecular weight is 355 g/mol. The number of anilines is 1. The third kappa shape index (κ3) is 4.72. The van der Waals surface area contributed by atoms with Gasteiger partial charge in [-0.15, -0.1) is 0 Å². The number of rotatable bonds is 3. The third-order valence-corrected chi connectivity index (χ3v) is 2.71. The number of nitrogens with zero attached hydrogens (tertiary/aromatic N) is 1. The highest BCUT2D eigenvalue weighted by atomic mass is 79.9. The summed E-state index contributed by atoms with van der Waals surface area (Å²) in [5.74, 6) is -1.31. The van der Waals surface area contributed by atoms with Gasteiger partial charge in [-0.3, -0.25) is 0 Å². The monoisotopic (exact) mass is 354 g/mol. The fourth-order valence-electron chi connectivity index (χ4n) is 1.35. The molecule has 9 heteroatoms. The van der Waals surface area contributed by atoms with E-state index in [1.54, 1.807) is 0 Å². The van der Waals surface area contributed by atoms with Crippen LogP contribution < -0.4 is 5.32 Å². The van der Waals surface area contributed by atoms with Gasteiger partial charge in [-0.1, -0.05) is 15.9 Å². The molecule has 0 saturated carbocycles. The van der Waals surface area contributed by atoms with Gasteiger partial charge in [-0.05, 0) is 18.2 Å². The van der Waals surface area contributed by atoms with Crippen molar-refractivity contribution in [2.24, 2.45) is 0 Å². The highest BCUT2D eigenvalue weighted by Gasteiger charge is 2.31. The van der Waals surface area contributed by atoms with Crippen LogP contribution in [0.2, 0.25) is 0 Å². The zero-order valence-corrected chi connectivity index (χ0v) is 11.7. The minimum atomic E-state index is -4.53. The number of alkyl halides is 3. The summed E-state index contributed by atoms with van der Waals surface area (Å²) in [6, 6.07) is 2.94. The Morgan fingerprint density at radius 2 is 2.00 bits per heavy atom.